The summed E-state index contributed by atoms with van der Waals surface area (Å²) in [4.78, 5) is 0. The lowest BCUT2D eigenvalue weighted by Crippen LogP contribution is -2.05. The second kappa shape index (κ2) is 6.85. The quantitative estimate of drug-likeness (QED) is 0.523. The van der Waals surface area contributed by atoms with E-state index in [0.717, 1.165) is 35.4 Å². The summed E-state index contributed by atoms with van der Waals surface area (Å²) in [7, 11) is 0. The van der Waals surface area contributed by atoms with Crippen molar-refractivity contribution in [2.24, 2.45) is 0 Å². The van der Waals surface area contributed by atoms with Crippen LogP contribution >= 0.6 is 11.8 Å². The molecule has 1 aliphatic rings. The Labute approximate surface area is 128 Å². The molecule has 2 N–H and O–H groups in total. The van der Waals surface area contributed by atoms with E-state index in [1.165, 1.54) is 19.3 Å². The summed E-state index contributed by atoms with van der Waals surface area (Å²) < 4.78 is 7.96. The van der Waals surface area contributed by atoms with E-state index in [1.807, 2.05) is 24.3 Å². The number of aromatic nitrogens is 3. The maximum Gasteiger partial charge on any atom is 0.191 e. The van der Waals surface area contributed by atoms with Gasteiger partial charge in [0.05, 0.1) is 12.3 Å². The smallest absolute Gasteiger partial charge is 0.191 e. The molecule has 0 atom stereocenters. The van der Waals surface area contributed by atoms with Gasteiger partial charge >= 0.3 is 0 Å². The standard InChI is InChI=1S/C15H20N4OS/c16-12-6-3-4-7-13(12)20-10-11-21-15-18-17-14-8-2-1-5-9-19(14)15/h3-4,6-7H,1-2,5,8-11,16H2. The van der Waals surface area contributed by atoms with Crippen molar-refractivity contribution in [1.82, 2.24) is 14.8 Å². The Hall–Kier alpha value is -1.69. The highest BCUT2D eigenvalue weighted by molar-refractivity contribution is 7.99. The van der Waals surface area contributed by atoms with Crippen molar-refractivity contribution in [3.05, 3.63) is 30.1 Å². The first-order chi connectivity index (χ1) is 10.3. The van der Waals surface area contributed by atoms with Gasteiger partial charge in [-0.25, -0.2) is 0 Å². The summed E-state index contributed by atoms with van der Waals surface area (Å²) in [6.07, 6.45) is 4.77. The van der Waals surface area contributed by atoms with E-state index in [4.69, 9.17) is 10.5 Å². The second-order valence-corrected chi connectivity index (χ2v) is 6.16. The van der Waals surface area contributed by atoms with Crippen molar-refractivity contribution in [3.8, 4) is 5.75 Å². The van der Waals surface area contributed by atoms with E-state index in [2.05, 4.69) is 14.8 Å². The van der Waals surface area contributed by atoms with Crippen molar-refractivity contribution < 1.29 is 4.74 Å². The van der Waals surface area contributed by atoms with E-state index in [-0.39, 0.29) is 0 Å². The lowest BCUT2D eigenvalue weighted by Gasteiger charge is -2.09. The Morgan fingerprint density at radius 2 is 2.10 bits per heavy atom. The molecule has 0 spiro atoms. The summed E-state index contributed by atoms with van der Waals surface area (Å²) in [6, 6.07) is 7.57. The molecule has 0 radical (unpaired) electrons. The van der Waals surface area contributed by atoms with E-state index < -0.39 is 0 Å². The van der Waals surface area contributed by atoms with Crippen LogP contribution in [-0.2, 0) is 13.0 Å². The van der Waals surface area contributed by atoms with E-state index >= 15 is 0 Å². The van der Waals surface area contributed by atoms with Crippen LogP contribution in [0.1, 0.15) is 25.1 Å². The van der Waals surface area contributed by atoms with E-state index in [1.54, 1.807) is 11.8 Å². The van der Waals surface area contributed by atoms with Crippen LogP contribution < -0.4 is 10.5 Å². The van der Waals surface area contributed by atoms with Crippen LogP contribution in [0.2, 0.25) is 0 Å². The zero-order chi connectivity index (χ0) is 14.5. The third kappa shape index (κ3) is 3.50. The summed E-state index contributed by atoms with van der Waals surface area (Å²) in [6.45, 7) is 1.65. The number of rotatable bonds is 5. The molecule has 0 aliphatic carbocycles. The Kier molecular flexibility index (Phi) is 4.65. The molecule has 0 saturated carbocycles. The summed E-state index contributed by atoms with van der Waals surface area (Å²) in [5.74, 6) is 2.72. The highest BCUT2D eigenvalue weighted by atomic mass is 32.2. The number of anilines is 1. The first-order valence-electron chi connectivity index (χ1n) is 7.37. The molecule has 3 rings (SSSR count). The molecular formula is C15H20N4OS. The van der Waals surface area contributed by atoms with Gasteiger partial charge in [0.1, 0.15) is 11.6 Å². The average Bonchev–Trinajstić information content (AvgIpc) is 2.73. The number of benzene rings is 1. The lowest BCUT2D eigenvalue weighted by atomic mass is 10.2. The monoisotopic (exact) mass is 304 g/mol. The number of hydrogen-bond donors (Lipinski definition) is 1. The summed E-state index contributed by atoms with van der Waals surface area (Å²) >= 11 is 1.70. The predicted molar refractivity (Wildman–Crippen MR) is 84.7 cm³/mol. The largest absolute Gasteiger partial charge is 0.491 e. The fourth-order valence-corrected chi connectivity index (χ4v) is 3.26. The van der Waals surface area contributed by atoms with Crippen LogP contribution in [0, 0.1) is 0 Å². The normalized spacial score (nSPS) is 14.5. The van der Waals surface area contributed by atoms with Crippen molar-refractivity contribution >= 4 is 17.4 Å². The molecule has 1 aliphatic heterocycles. The Balaban J connectivity index is 1.52. The van der Waals surface area contributed by atoms with Gasteiger partial charge < -0.3 is 15.0 Å². The maximum atomic E-state index is 5.85. The van der Waals surface area contributed by atoms with Crippen LogP contribution in [0.4, 0.5) is 5.69 Å². The number of para-hydroxylation sites is 2. The van der Waals surface area contributed by atoms with Gasteiger partial charge in [0.15, 0.2) is 5.16 Å². The Morgan fingerprint density at radius 1 is 1.19 bits per heavy atom. The molecule has 1 aromatic heterocycles. The fraction of sp³-hybridized carbons (Fsp3) is 0.467. The van der Waals surface area contributed by atoms with Crippen molar-refractivity contribution in [2.45, 2.75) is 37.4 Å². The molecular weight excluding hydrogens is 284 g/mol. The number of fused-ring (bicyclic) bond motifs is 1. The maximum absolute atomic E-state index is 5.85. The van der Waals surface area contributed by atoms with Crippen molar-refractivity contribution in [1.29, 1.82) is 0 Å². The molecule has 0 fully saturated rings. The number of aryl methyl sites for hydroxylation is 1. The minimum Gasteiger partial charge on any atom is -0.491 e. The number of thioether (sulfide) groups is 1. The zero-order valence-corrected chi connectivity index (χ0v) is 12.8. The van der Waals surface area contributed by atoms with Crippen LogP contribution in [0.3, 0.4) is 0 Å². The van der Waals surface area contributed by atoms with Crippen molar-refractivity contribution in [3.63, 3.8) is 0 Å². The van der Waals surface area contributed by atoms with Gasteiger partial charge in [-0.15, -0.1) is 10.2 Å². The molecule has 0 unspecified atom stereocenters. The number of nitrogens with zero attached hydrogens (tertiary/aromatic N) is 3. The summed E-state index contributed by atoms with van der Waals surface area (Å²) in [5, 5.41) is 9.61. The van der Waals surface area contributed by atoms with Crippen LogP contribution in [0.5, 0.6) is 5.75 Å². The van der Waals surface area contributed by atoms with E-state index in [9.17, 15) is 0 Å². The molecule has 21 heavy (non-hydrogen) atoms. The lowest BCUT2D eigenvalue weighted by molar-refractivity contribution is 0.345. The number of nitrogen functional groups attached to an aromatic ring is 1. The fourth-order valence-electron chi connectivity index (χ4n) is 2.46. The number of hydrogen-bond acceptors (Lipinski definition) is 5. The van der Waals surface area contributed by atoms with Gasteiger partial charge in [-0.2, -0.15) is 0 Å². The summed E-state index contributed by atoms with van der Waals surface area (Å²) in [5.41, 5.74) is 6.53. The molecule has 112 valence electrons. The molecule has 1 aromatic carbocycles. The third-order valence-electron chi connectivity index (χ3n) is 3.57. The molecule has 2 heterocycles. The number of nitrogens with two attached hydrogens (primary N) is 1. The second-order valence-electron chi connectivity index (χ2n) is 5.10. The van der Waals surface area contributed by atoms with Gasteiger partial charge in [0.2, 0.25) is 0 Å². The van der Waals surface area contributed by atoms with Gasteiger partial charge in [-0.1, -0.05) is 30.3 Å². The molecule has 6 heteroatoms. The van der Waals surface area contributed by atoms with Crippen LogP contribution in [-0.4, -0.2) is 27.1 Å². The third-order valence-corrected chi connectivity index (χ3v) is 4.50. The average molecular weight is 304 g/mol. The van der Waals surface area contributed by atoms with Gasteiger partial charge in [-0.3, -0.25) is 0 Å². The minimum absolute atomic E-state index is 0.612. The topological polar surface area (TPSA) is 66.0 Å². The van der Waals surface area contributed by atoms with Crippen molar-refractivity contribution in [2.75, 3.05) is 18.1 Å². The predicted octanol–water partition coefficient (Wildman–Crippen LogP) is 2.76. The zero-order valence-electron chi connectivity index (χ0n) is 12.0. The first kappa shape index (κ1) is 14.3. The Bertz CT molecular complexity index is 599. The first-order valence-corrected chi connectivity index (χ1v) is 8.35. The SMILES string of the molecule is Nc1ccccc1OCCSc1nnc2n1CCCCC2. The van der Waals surface area contributed by atoms with E-state index in [0.29, 0.717) is 12.3 Å². The van der Waals surface area contributed by atoms with Gasteiger partial charge in [0, 0.05) is 18.7 Å². The highest BCUT2D eigenvalue weighted by Gasteiger charge is 2.14. The number of ether oxygens (including phenoxy) is 1. The molecule has 0 amide bonds. The van der Waals surface area contributed by atoms with Crippen LogP contribution in [0.15, 0.2) is 29.4 Å². The highest BCUT2D eigenvalue weighted by Crippen LogP contribution is 2.23. The van der Waals surface area contributed by atoms with Crippen LogP contribution in [0.25, 0.3) is 0 Å². The molecule has 0 saturated heterocycles. The molecule has 5 nitrogen and oxygen atoms in total. The molecule has 0 bridgehead atoms. The minimum atomic E-state index is 0.612. The molecule has 2 aromatic rings. The van der Waals surface area contributed by atoms with Gasteiger partial charge in [0.25, 0.3) is 0 Å². The Morgan fingerprint density at radius 3 is 3.00 bits per heavy atom. The van der Waals surface area contributed by atoms with Gasteiger partial charge in [-0.05, 0) is 25.0 Å².